The van der Waals surface area contributed by atoms with E-state index in [4.69, 9.17) is 9.72 Å². The maximum Gasteiger partial charge on any atom is 0.256 e. The molecule has 2 aliphatic rings. The molecule has 0 radical (unpaired) electrons. The molecule has 8 aromatic carbocycles. The van der Waals surface area contributed by atoms with Gasteiger partial charge in [0, 0.05) is 56.5 Å². The normalized spacial score (nSPS) is 12.6. The Kier molecular flexibility index (Phi) is 6.95. The van der Waals surface area contributed by atoms with E-state index in [1.54, 1.807) is 0 Å². The molecule has 0 saturated carbocycles. The van der Waals surface area contributed by atoms with Crippen LogP contribution < -0.4 is 30.9 Å². The number of para-hydroxylation sites is 4. The summed E-state index contributed by atoms with van der Waals surface area (Å²) in [4.78, 5) is 9.66. The SMILES string of the molecule is c1ccc(N2c3ccccc3B3c4cc5c(cc4Oc4cccc2c43)c2ccc(N(c3ccccc3)c3nccc4ccccc34)cc2n5-c2ccccc2)cc1. The van der Waals surface area contributed by atoms with E-state index < -0.39 is 0 Å². The van der Waals surface area contributed by atoms with Crippen molar-refractivity contribution in [2.45, 2.75) is 0 Å². The van der Waals surface area contributed by atoms with Crippen LogP contribution in [0.4, 0.5) is 34.3 Å². The first kappa shape index (κ1) is 31.8. The van der Waals surface area contributed by atoms with Crippen molar-refractivity contribution >= 4 is 89.9 Å². The van der Waals surface area contributed by atoms with Gasteiger partial charge in [0.05, 0.1) is 11.0 Å². The Hall–Kier alpha value is -7.57. The van der Waals surface area contributed by atoms with Gasteiger partial charge in [0.25, 0.3) is 6.71 Å². The molecule has 0 unspecified atom stereocenters. The lowest BCUT2D eigenvalue weighted by atomic mass is 9.34. The smallest absolute Gasteiger partial charge is 0.256 e. The second kappa shape index (κ2) is 12.5. The number of hydrogen-bond acceptors (Lipinski definition) is 4. The number of rotatable bonds is 5. The lowest BCUT2D eigenvalue weighted by molar-refractivity contribution is 0.488. The lowest BCUT2D eigenvalue weighted by Crippen LogP contribution is -2.59. The summed E-state index contributed by atoms with van der Waals surface area (Å²) in [5.74, 6) is 2.68. The molecule has 10 aromatic rings. The molecule has 4 heterocycles. The fraction of sp³-hybridized carbons (Fsp3) is 0. The molecular weight excluding hydrogens is 695 g/mol. The van der Waals surface area contributed by atoms with E-state index in [2.05, 4.69) is 208 Å². The minimum atomic E-state index is -0.00989. The largest absolute Gasteiger partial charge is 0.458 e. The summed E-state index contributed by atoms with van der Waals surface area (Å²) in [6.07, 6.45) is 1.91. The molecule has 57 heavy (non-hydrogen) atoms. The zero-order chi connectivity index (χ0) is 37.5. The molecule has 0 bridgehead atoms. The van der Waals surface area contributed by atoms with Crippen LogP contribution >= 0.6 is 0 Å². The molecule has 5 nitrogen and oxygen atoms in total. The van der Waals surface area contributed by atoms with Crippen LogP contribution in [0.5, 0.6) is 11.5 Å². The second-order valence-electron chi connectivity index (χ2n) is 14.8. The zero-order valence-electron chi connectivity index (χ0n) is 30.8. The molecule has 0 aliphatic carbocycles. The van der Waals surface area contributed by atoms with Crippen molar-refractivity contribution in [3.05, 3.63) is 200 Å². The molecule has 12 rings (SSSR count). The Morgan fingerprint density at radius 3 is 2.02 bits per heavy atom. The molecule has 6 heteroatoms. The molecule has 0 N–H and O–H groups in total. The third-order valence-electron chi connectivity index (χ3n) is 11.6. The maximum atomic E-state index is 6.96. The number of pyridine rings is 1. The van der Waals surface area contributed by atoms with Gasteiger partial charge in [0.2, 0.25) is 0 Å². The Bertz CT molecular complexity index is 3180. The van der Waals surface area contributed by atoms with Crippen LogP contribution in [-0.4, -0.2) is 16.3 Å². The van der Waals surface area contributed by atoms with Gasteiger partial charge < -0.3 is 14.2 Å². The van der Waals surface area contributed by atoms with Crippen molar-refractivity contribution < 1.29 is 4.74 Å². The third kappa shape index (κ3) is 4.80. The van der Waals surface area contributed by atoms with Crippen molar-refractivity contribution in [2.24, 2.45) is 0 Å². The molecule has 0 fully saturated rings. The number of hydrogen-bond donors (Lipinski definition) is 0. The maximum absolute atomic E-state index is 6.96. The molecular formula is C51H33BN4O. The molecule has 266 valence electrons. The molecule has 0 spiro atoms. The van der Waals surface area contributed by atoms with Gasteiger partial charge in [0.15, 0.2) is 0 Å². The summed E-state index contributed by atoms with van der Waals surface area (Å²) < 4.78 is 9.38. The van der Waals surface area contributed by atoms with Crippen molar-refractivity contribution in [1.82, 2.24) is 9.55 Å². The fourth-order valence-electron chi connectivity index (χ4n) is 9.23. The number of aromatic nitrogens is 2. The van der Waals surface area contributed by atoms with Gasteiger partial charge in [-0.2, -0.15) is 0 Å². The Morgan fingerprint density at radius 1 is 0.474 bits per heavy atom. The standard InChI is InChI=1S/C51H33BN4O/c1-4-16-35(17-5-1)54(51-39-22-11-10-15-34(39)29-30-53-51)38-27-28-40-41-32-49-43(33-47(41)56(46(40)31-38)37-20-8-3-9-21-37)52-42-23-12-13-24-44(42)55(36-18-6-2-7-19-36)45-25-14-26-48(57-49)50(45)52/h1-33H. The van der Waals surface area contributed by atoms with Crippen LogP contribution in [0.1, 0.15) is 0 Å². The highest BCUT2D eigenvalue weighted by molar-refractivity contribution is 6.99. The lowest BCUT2D eigenvalue weighted by Gasteiger charge is -2.39. The summed E-state index contributed by atoms with van der Waals surface area (Å²) in [6, 6.07) is 69.2. The molecule has 2 aliphatic heterocycles. The number of ether oxygens (including phenoxy) is 1. The van der Waals surface area contributed by atoms with E-state index in [9.17, 15) is 0 Å². The van der Waals surface area contributed by atoms with E-state index in [0.717, 1.165) is 83.8 Å². The van der Waals surface area contributed by atoms with E-state index in [0.29, 0.717) is 0 Å². The van der Waals surface area contributed by atoms with E-state index in [1.165, 1.54) is 16.6 Å². The van der Waals surface area contributed by atoms with Crippen molar-refractivity contribution in [2.75, 3.05) is 9.80 Å². The first-order valence-electron chi connectivity index (χ1n) is 19.4. The topological polar surface area (TPSA) is 33.5 Å². The summed E-state index contributed by atoms with van der Waals surface area (Å²) in [7, 11) is 0. The van der Waals surface area contributed by atoms with Gasteiger partial charge in [-0.05, 0) is 107 Å². The summed E-state index contributed by atoms with van der Waals surface area (Å²) >= 11 is 0. The number of benzene rings is 8. The van der Waals surface area contributed by atoms with Crippen LogP contribution in [0.3, 0.4) is 0 Å². The highest BCUT2D eigenvalue weighted by Crippen LogP contribution is 2.44. The average molecular weight is 729 g/mol. The van der Waals surface area contributed by atoms with Gasteiger partial charge in [-0.1, -0.05) is 109 Å². The van der Waals surface area contributed by atoms with Gasteiger partial charge in [-0.15, -0.1) is 0 Å². The van der Waals surface area contributed by atoms with Crippen LogP contribution in [0.25, 0.3) is 38.3 Å². The predicted molar refractivity (Wildman–Crippen MR) is 237 cm³/mol. The second-order valence-corrected chi connectivity index (χ2v) is 14.8. The Balaban J connectivity index is 1.11. The van der Waals surface area contributed by atoms with E-state index in [-0.39, 0.29) is 6.71 Å². The zero-order valence-corrected chi connectivity index (χ0v) is 30.8. The van der Waals surface area contributed by atoms with E-state index >= 15 is 0 Å². The summed E-state index contributed by atoms with van der Waals surface area (Å²) in [5, 5.41) is 4.54. The molecule has 0 saturated heterocycles. The van der Waals surface area contributed by atoms with Gasteiger partial charge in [-0.3, -0.25) is 4.90 Å². The average Bonchev–Trinajstić information content (AvgIpc) is 3.59. The van der Waals surface area contributed by atoms with Crippen molar-refractivity contribution in [3.8, 4) is 17.2 Å². The van der Waals surface area contributed by atoms with E-state index in [1.807, 2.05) is 6.20 Å². The molecule has 0 amide bonds. The van der Waals surface area contributed by atoms with Crippen LogP contribution in [0.2, 0.25) is 0 Å². The third-order valence-corrected chi connectivity index (χ3v) is 11.6. The number of nitrogens with zero attached hydrogens (tertiary/aromatic N) is 4. The fourth-order valence-corrected chi connectivity index (χ4v) is 9.23. The minimum Gasteiger partial charge on any atom is -0.458 e. The number of fused-ring (bicyclic) bond motifs is 8. The monoisotopic (exact) mass is 728 g/mol. The van der Waals surface area contributed by atoms with Crippen molar-refractivity contribution in [3.63, 3.8) is 0 Å². The first-order chi connectivity index (χ1) is 28.3. The highest BCUT2D eigenvalue weighted by atomic mass is 16.5. The Labute approximate surface area is 330 Å². The summed E-state index contributed by atoms with van der Waals surface area (Å²) in [5.41, 5.74) is 12.5. The van der Waals surface area contributed by atoms with Crippen molar-refractivity contribution in [1.29, 1.82) is 0 Å². The van der Waals surface area contributed by atoms with Gasteiger partial charge in [-0.25, -0.2) is 4.98 Å². The molecule has 2 aromatic heterocycles. The molecule has 0 atom stereocenters. The number of anilines is 6. The van der Waals surface area contributed by atoms with Crippen LogP contribution in [0, 0.1) is 0 Å². The van der Waals surface area contributed by atoms with Gasteiger partial charge >= 0.3 is 0 Å². The quantitative estimate of drug-likeness (QED) is 0.165. The Morgan fingerprint density at radius 2 is 1.18 bits per heavy atom. The predicted octanol–water partition coefficient (Wildman–Crippen LogP) is 11.2. The van der Waals surface area contributed by atoms with Crippen LogP contribution in [-0.2, 0) is 0 Å². The van der Waals surface area contributed by atoms with Gasteiger partial charge in [0.1, 0.15) is 17.3 Å². The highest BCUT2D eigenvalue weighted by Gasteiger charge is 2.42. The van der Waals surface area contributed by atoms with Crippen LogP contribution in [0.15, 0.2) is 200 Å². The minimum absolute atomic E-state index is 0.00989. The first-order valence-corrected chi connectivity index (χ1v) is 19.4. The summed E-state index contributed by atoms with van der Waals surface area (Å²) in [6.45, 7) is -0.00989.